The van der Waals surface area contributed by atoms with E-state index in [1.165, 1.54) is 32.6 Å². The third kappa shape index (κ3) is 6.63. The molecule has 0 saturated carbocycles. The van der Waals surface area contributed by atoms with E-state index in [-0.39, 0.29) is 6.61 Å². The number of hydrogen-bond acceptors (Lipinski definition) is 6. The van der Waals surface area contributed by atoms with Crippen molar-refractivity contribution in [2.45, 2.75) is 45.4 Å². The molecule has 0 fully saturated rings. The second-order valence-electron chi connectivity index (χ2n) is 5.72. The molecule has 0 saturated heterocycles. The minimum atomic E-state index is -1.34. The van der Waals surface area contributed by atoms with Crippen molar-refractivity contribution in [1.29, 1.82) is 0 Å². The second kappa shape index (κ2) is 6.79. The Hall–Kier alpha value is -0.240. The molecule has 0 aliphatic heterocycles. The molecule has 0 aromatic carbocycles. The van der Waals surface area contributed by atoms with Gasteiger partial charge in [0.15, 0.2) is 0 Å². The van der Waals surface area contributed by atoms with Crippen LogP contribution in [0.3, 0.4) is 0 Å². The highest BCUT2D eigenvalue weighted by atomic mass is 16.5. The molecule has 0 aromatic rings. The summed E-state index contributed by atoms with van der Waals surface area (Å²) < 4.78 is 5.32. The smallest absolute Gasteiger partial charge is 0.135 e. The molecule has 0 rings (SSSR count). The van der Waals surface area contributed by atoms with Gasteiger partial charge in [0.1, 0.15) is 17.7 Å². The van der Waals surface area contributed by atoms with Gasteiger partial charge in [-0.15, -0.1) is 0 Å². The summed E-state index contributed by atoms with van der Waals surface area (Å²) in [5.41, 5.74) is -2.69. The Morgan fingerprint density at radius 3 is 1.83 bits per heavy atom. The van der Waals surface area contributed by atoms with E-state index in [2.05, 4.69) is 0 Å². The van der Waals surface area contributed by atoms with Crippen molar-refractivity contribution in [1.82, 2.24) is 9.80 Å². The molecule has 110 valence electrons. The van der Waals surface area contributed by atoms with Gasteiger partial charge in [-0.1, -0.05) is 0 Å². The number of rotatable bonds is 8. The van der Waals surface area contributed by atoms with Crippen LogP contribution in [0.25, 0.3) is 0 Å². The first-order valence-corrected chi connectivity index (χ1v) is 6.11. The minimum Gasteiger partial charge on any atom is -0.376 e. The van der Waals surface area contributed by atoms with Crippen molar-refractivity contribution >= 4 is 0 Å². The zero-order valence-corrected chi connectivity index (χ0v) is 12.3. The first-order valence-electron chi connectivity index (χ1n) is 6.11. The third-order valence-corrected chi connectivity index (χ3v) is 2.43. The summed E-state index contributed by atoms with van der Waals surface area (Å²) in [7, 11) is 3.86. The van der Waals surface area contributed by atoms with Crippen LogP contribution in [-0.2, 0) is 4.74 Å². The second-order valence-corrected chi connectivity index (χ2v) is 5.72. The largest absolute Gasteiger partial charge is 0.376 e. The van der Waals surface area contributed by atoms with Crippen LogP contribution in [0.2, 0.25) is 0 Å². The summed E-state index contributed by atoms with van der Waals surface area (Å²) in [6, 6.07) is 0. The summed E-state index contributed by atoms with van der Waals surface area (Å²) in [6.45, 7) is 7.29. The van der Waals surface area contributed by atoms with Gasteiger partial charge in [-0.3, -0.25) is 0 Å². The van der Waals surface area contributed by atoms with Crippen molar-refractivity contribution < 1.29 is 20.1 Å². The summed E-state index contributed by atoms with van der Waals surface area (Å²) in [5.74, 6) is 0. The van der Waals surface area contributed by atoms with Crippen LogP contribution >= 0.6 is 0 Å². The number of ether oxygens (including phenoxy) is 1. The summed E-state index contributed by atoms with van der Waals surface area (Å²) in [6.07, 6.45) is -1.08. The van der Waals surface area contributed by atoms with Crippen LogP contribution in [0.1, 0.15) is 27.7 Å². The molecule has 0 aliphatic carbocycles. The molecule has 6 heteroatoms. The summed E-state index contributed by atoms with van der Waals surface area (Å²) >= 11 is 0. The normalized spacial score (nSPS) is 15.5. The molecule has 0 aromatic heterocycles. The Morgan fingerprint density at radius 1 is 1.06 bits per heavy atom. The molecule has 6 nitrogen and oxygen atoms in total. The molecule has 1 unspecified atom stereocenters. The van der Waals surface area contributed by atoms with Gasteiger partial charge in [0.25, 0.3) is 0 Å². The molecule has 0 heterocycles. The van der Waals surface area contributed by atoms with Crippen LogP contribution in [0.15, 0.2) is 0 Å². The molecule has 0 bridgehead atoms. The standard InChI is InChI=1S/C12H28N2O4/c1-11(2,16)14(12(3,4)17)10(15)9-18-8-7-13(5)6/h10,15-17H,7-9H2,1-6H3. The highest BCUT2D eigenvalue weighted by Crippen LogP contribution is 2.23. The van der Waals surface area contributed by atoms with Crippen LogP contribution in [0.5, 0.6) is 0 Å². The quantitative estimate of drug-likeness (QED) is 0.411. The Balaban J connectivity index is 4.37. The lowest BCUT2D eigenvalue weighted by Gasteiger charge is -2.45. The lowest BCUT2D eigenvalue weighted by Crippen LogP contribution is -2.61. The molecule has 1 atom stereocenters. The van der Waals surface area contributed by atoms with Crippen molar-refractivity contribution in [3.63, 3.8) is 0 Å². The predicted molar refractivity (Wildman–Crippen MR) is 69.8 cm³/mol. The highest BCUT2D eigenvalue weighted by Gasteiger charge is 2.39. The highest BCUT2D eigenvalue weighted by molar-refractivity contribution is 4.80. The molecular formula is C12H28N2O4. The number of nitrogens with zero attached hydrogens (tertiary/aromatic N) is 2. The molecule has 18 heavy (non-hydrogen) atoms. The van der Waals surface area contributed by atoms with E-state index < -0.39 is 17.7 Å². The molecule has 3 N–H and O–H groups in total. The van der Waals surface area contributed by atoms with Crippen LogP contribution in [0, 0.1) is 0 Å². The van der Waals surface area contributed by atoms with Crippen LogP contribution in [0.4, 0.5) is 0 Å². The van der Waals surface area contributed by atoms with E-state index in [1.54, 1.807) is 0 Å². The topological polar surface area (TPSA) is 76.4 Å². The van der Waals surface area contributed by atoms with Crippen LogP contribution < -0.4 is 0 Å². The van der Waals surface area contributed by atoms with Gasteiger partial charge < -0.3 is 25.0 Å². The van der Waals surface area contributed by atoms with Gasteiger partial charge in [-0.05, 0) is 41.8 Å². The van der Waals surface area contributed by atoms with E-state index >= 15 is 0 Å². The Kier molecular flexibility index (Phi) is 6.70. The Morgan fingerprint density at radius 2 is 1.50 bits per heavy atom. The maximum absolute atomic E-state index is 10.0. The Bertz CT molecular complexity index is 219. The predicted octanol–water partition coefficient (Wildman–Crippen LogP) is -0.358. The molecule has 0 amide bonds. The molecular weight excluding hydrogens is 236 g/mol. The maximum Gasteiger partial charge on any atom is 0.135 e. The van der Waals surface area contributed by atoms with Gasteiger partial charge in [-0.25, -0.2) is 4.90 Å². The SMILES string of the molecule is CN(C)CCOCC(O)N(C(C)(C)O)C(C)(C)O. The maximum atomic E-state index is 10.0. The van der Waals surface area contributed by atoms with Gasteiger partial charge >= 0.3 is 0 Å². The van der Waals surface area contributed by atoms with E-state index in [0.717, 1.165) is 6.54 Å². The van der Waals surface area contributed by atoms with Gasteiger partial charge in [0, 0.05) is 6.54 Å². The average molecular weight is 264 g/mol. The van der Waals surface area contributed by atoms with Gasteiger partial charge in [0.05, 0.1) is 13.2 Å². The van der Waals surface area contributed by atoms with E-state index in [0.29, 0.717) is 6.61 Å². The van der Waals surface area contributed by atoms with Gasteiger partial charge in [0.2, 0.25) is 0 Å². The van der Waals surface area contributed by atoms with E-state index in [4.69, 9.17) is 4.74 Å². The number of hydrogen-bond donors (Lipinski definition) is 3. The van der Waals surface area contributed by atoms with Crippen molar-refractivity contribution in [3.05, 3.63) is 0 Å². The van der Waals surface area contributed by atoms with E-state index in [1.807, 2.05) is 19.0 Å². The van der Waals surface area contributed by atoms with Crippen molar-refractivity contribution in [3.8, 4) is 0 Å². The lowest BCUT2D eigenvalue weighted by molar-refractivity contribution is -0.265. The van der Waals surface area contributed by atoms with Gasteiger partial charge in [-0.2, -0.15) is 0 Å². The Labute approximate surface area is 110 Å². The first kappa shape index (κ1) is 17.8. The fourth-order valence-corrected chi connectivity index (χ4v) is 1.91. The molecule has 0 spiro atoms. The van der Waals surface area contributed by atoms with Crippen molar-refractivity contribution in [2.75, 3.05) is 33.9 Å². The fraction of sp³-hybridized carbons (Fsp3) is 1.00. The monoisotopic (exact) mass is 264 g/mol. The first-order chi connectivity index (χ1) is 7.96. The third-order valence-electron chi connectivity index (χ3n) is 2.43. The number of aliphatic hydroxyl groups is 3. The average Bonchev–Trinajstić information content (AvgIpc) is 2.06. The fourth-order valence-electron chi connectivity index (χ4n) is 1.91. The summed E-state index contributed by atoms with van der Waals surface area (Å²) in [5, 5.41) is 30.0. The van der Waals surface area contributed by atoms with Crippen LogP contribution in [-0.4, -0.2) is 76.7 Å². The molecule has 0 radical (unpaired) electrons. The minimum absolute atomic E-state index is 0.0296. The molecule has 0 aliphatic rings. The number of likely N-dealkylation sites (N-methyl/N-ethyl adjacent to an activating group) is 1. The zero-order chi connectivity index (χ0) is 14.6. The lowest BCUT2D eigenvalue weighted by atomic mass is 10.1. The summed E-state index contributed by atoms with van der Waals surface area (Å²) in [4.78, 5) is 3.17. The van der Waals surface area contributed by atoms with E-state index in [9.17, 15) is 15.3 Å². The number of aliphatic hydroxyl groups excluding tert-OH is 1. The zero-order valence-electron chi connectivity index (χ0n) is 12.3. The van der Waals surface area contributed by atoms with Crippen molar-refractivity contribution in [2.24, 2.45) is 0 Å².